The standard InChI is InChI=1S/C13H23N3O2/c1-5-6-7-8-16-11(4)12(14-15-16)13(17)18-9-10(2)3/h10H,5-9H2,1-4H3. The Hall–Kier alpha value is -1.39. The zero-order chi connectivity index (χ0) is 13.5. The van der Waals surface area contributed by atoms with Crippen molar-refractivity contribution in [2.75, 3.05) is 6.61 Å². The molecule has 0 radical (unpaired) electrons. The van der Waals surface area contributed by atoms with Crippen LogP contribution in [0.25, 0.3) is 0 Å². The molecule has 1 aromatic rings. The fourth-order valence-electron chi connectivity index (χ4n) is 1.58. The summed E-state index contributed by atoms with van der Waals surface area (Å²) in [5, 5.41) is 7.91. The second-order valence-corrected chi connectivity index (χ2v) is 4.95. The van der Waals surface area contributed by atoms with Gasteiger partial charge in [0, 0.05) is 6.54 Å². The summed E-state index contributed by atoms with van der Waals surface area (Å²) < 4.78 is 6.93. The highest BCUT2D eigenvalue weighted by atomic mass is 16.5. The molecule has 0 atom stereocenters. The molecular weight excluding hydrogens is 230 g/mol. The quantitative estimate of drug-likeness (QED) is 0.553. The molecule has 1 rings (SSSR count). The first-order chi connectivity index (χ1) is 8.56. The van der Waals surface area contributed by atoms with Crippen molar-refractivity contribution in [1.29, 1.82) is 0 Å². The Bertz CT molecular complexity index is 386. The lowest BCUT2D eigenvalue weighted by Crippen LogP contribution is -2.12. The number of hydrogen-bond acceptors (Lipinski definition) is 4. The highest BCUT2D eigenvalue weighted by molar-refractivity contribution is 5.88. The molecule has 18 heavy (non-hydrogen) atoms. The van der Waals surface area contributed by atoms with Crippen LogP contribution in [-0.4, -0.2) is 27.6 Å². The van der Waals surface area contributed by atoms with Crippen LogP contribution in [0.3, 0.4) is 0 Å². The Morgan fingerprint density at radius 1 is 1.39 bits per heavy atom. The number of carbonyl (C=O) groups excluding carboxylic acids is 1. The molecule has 0 fully saturated rings. The zero-order valence-corrected chi connectivity index (χ0v) is 11.8. The van der Waals surface area contributed by atoms with Gasteiger partial charge in [0.2, 0.25) is 0 Å². The average molecular weight is 253 g/mol. The topological polar surface area (TPSA) is 57.0 Å². The van der Waals surface area contributed by atoms with Gasteiger partial charge < -0.3 is 4.74 Å². The van der Waals surface area contributed by atoms with Crippen molar-refractivity contribution in [3.63, 3.8) is 0 Å². The van der Waals surface area contributed by atoms with Crippen LogP contribution in [0.5, 0.6) is 0 Å². The molecule has 0 aliphatic heterocycles. The van der Waals surface area contributed by atoms with Crippen LogP contribution in [0.1, 0.15) is 56.2 Å². The number of rotatable bonds is 7. The van der Waals surface area contributed by atoms with E-state index in [2.05, 4.69) is 17.2 Å². The van der Waals surface area contributed by atoms with Crippen LogP contribution in [0.2, 0.25) is 0 Å². The summed E-state index contributed by atoms with van der Waals surface area (Å²) in [6.07, 6.45) is 3.38. The van der Waals surface area contributed by atoms with Crippen molar-refractivity contribution in [2.24, 2.45) is 5.92 Å². The van der Waals surface area contributed by atoms with Crippen LogP contribution in [0.15, 0.2) is 0 Å². The van der Waals surface area contributed by atoms with E-state index in [0.29, 0.717) is 18.2 Å². The van der Waals surface area contributed by atoms with Gasteiger partial charge in [-0.2, -0.15) is 0 Å². The highest BCUT2D eigenvalue weighted by Crippen LogP contribution is 2.08. The lowest BCUT2D eigenvalue weighted by Gasteiger charge is -2.06. The second-order valence-electron chi connectivity index (χ2n) is 4.95. The van der Waals surface area contributed by atoms with Gasteiger partial charge in [0.25, 0.3) is 0 Å². The Morgan fingerprint density at radius 2 is 2.11 bits per heavy atom. The third-order valence-electron chi connectivity index (χ3n) is 2.70. The van der Waals surface area contributed by atoms with Gasteiger partial charge >= 0.3 is 5.97 Å². The normalized spacial score (nSPS) is 10.9. The van der Waals surface area contributed by atoms with Gasteiger partial charge in [-0.25, -0.2) is 9.48 Å². The van der Waals surface area contributed by atoms with E-state index in [1.165, 1.54) is 0 Å². The van der Waals surface area contributed by atoms with E-state index in [4.69, 9.17) is 4.74 Å². The Morgan fingerprint density at radius 3 is 2.72 bits per heavy atom. The molecule has 0 aromatic carbocycles. The molecule has 1 aromatic heterocycles. The van der Waals surface area contributed by atoms with Crippen LogP contribution >= 0.6 is 0 Å². The van der Waals surface area contributed by atoms with E-state index in [0.717, 1.165) is 31.5 Å². The van der Waals surface area contributed by atoms with Crippen LogP contribution < -0.4 is 0 Å². The van der Waals surface area contributed by atoms with Gasteiger partial charge in [0.05, 0.1) is 12.3 Å². The third kappa shape index (κ3) is 4.13. The predicted octanol–water partition coefficient (Wildman–Crippen LogP) is 2.59. The van der Waals surface area contributed by atoms with Gasteiger partial charge in [0.1, 0.15) is 0 Å². The molecule has 102 valence electrons. The number of aryl methyl sites for hydroxylation is 1. The summed E-state index contributed by atoms with van der Waals surface area (Å²) in [7, 11) is 0. The maximum Gasteiger partial charge on any atom is 0.360 e. The van der Waals surface area contributed by atoms with E-state index in [1.54, 1.807) is 4.68 Å². The molecule has 0 aliphatic rings. The molecule has 0 aliphatic carbocycles. The van der Waals surface area contributed by atoms with E-state index >= 15 is 0 Å². The van der Waals surface area contributed by atoms with Gasteiger partial charge in [-0.15, -0.1) is 5.10 Å². The first-order valence-corrected chi connectivity index (χ1v) is 6.63. The van der Waals surface area contributed by atoms with Crippen molar-refractivity contribution in [1.82, 2.24) is 15.0 Å². The number of carbonyl (C=O) groups is 1. The molecule has 5 heteroatoms. The molecule has 5 nitrogen and oxygen atoms in total. The lowest BCUT2D eigenvalue weighted by molar-refractivity contribution is 0.0451. The first kappa shape index (κ1) is 14.7. The zero-order valence-electron chi connectivity index (χ0n) is 11.8. The highest BCUT2D eigenvalue weighted by Gasteiger charge is 2.17. The first-order valence-electron chi connectivity index (χ1n) is 6.63. The summed E-state index contributed by atoms with van der Waals surface area (Å²) in [4.78, 5) is 11.8. The smallest absolute Gasteiger partial charge is 0.360 e. The molecule has 0 N–H and O–H groups in total. The van der Waals surface area contributed by atoms with E-state index in [1.807, 2.05) is 20.8 Å². The number of ether oxygens (including phenoxy) is 1. The largest absolute Gasteiger partial charge is 0.461 e. The monoisotopic (exact) mass is 253 g/mol. The summed E-state index contributed by atoms with van der Waals surface area (Å²) >= 11 is 0. The number of hydrogen-bond donors (Lipinski definition) is 0. The molecule has 0 saturated heterocycles. The number of aromatic nitrogens is 3. The van der Waals surface area contributed by atoms with Crippen LogP contribution in [0, 0.1) is 12.8 Å². The Balaban J connectivity index is 2.59. The summed E-state index contributed by atoms with van der Waals surface area (Å²) in [6, 6.07) is 0. The molecule has 0 saturated carbocycles. The number of esters is 1. The average Bonchev–Trinajstić information content (AvgIpc) is 2.68. The van der Waals surface area contributed by atoms with Crippen LogP contribution in [0.4, 0.5) is 0 Å². The fraction of sp³-hybridized carbons (Fsp3) is 0.769. The summed E-state index contributed by atoms with van der Waals surface area (Å²) in [6.45, 7) is 9.25. The van der Waals surface area contributed by atoms with Crippen molar-refractivity contribution >= 4 is 5.97 Å². The Labute approximate surface area is 109 Å². The fourth-order valence-corrected chi connectivity index (χ4v) is 1.58. The van der Waals surface area contributed by atoms with Crippen molar-refractivity contribution < 1.29 is 9.53 Å². The Kier molecular flexibility index (Phi) is 5.82. The maximum atomic E-state index is 11.8. The third-order valence-corrected chi connectivity index (χ3v) is 2.70. The van der Waals surface area contributed by atoms with Crippen molar-refractivity contribution in [3.05, 3.63) is 11.4 Å². The molecule has 0 unspecified atom stereocenters. The predicted molar refractivity (Wildman–Crippen MR) is 69.4 cm³/mol. The molecule has 1 heterocycles. The van der Waals surface area contributed by atoms with Gasteiger partial charge in [-0.3, -0.25) is 0 Å². The summed E-state index contributed by atoms with van der Waals surface area (Å²) in [5.41, 5.74) is 1.13. The second kappa shape index (κ2) is 7.13. The minimum atomic E-state index is -0.372. The van der Waals surface area contributed by atoms with Gasteiger partial charge in [0.15, 0.2) is 5.69 Å². The SMILES string of the molecule is CCCCCn1nnc(C(=O)OCC(C)C)c1C. The summed E-state index contributed by atoms with van der Waals surface area (Å²) in [5.74, 6) is -0.0446. The molecular formula is C13H23N3O2. The minimum absolute atomic E-state index is 0.328. The number of nitrogens with zero attached hydrogens (tertiary/aromatic N) is 3. The van der Waals surface area contributed by atoms with E-state index in [9.17, 15) is 4.79 Å². The van der Waals surface area contributed by atoms with Crippen LogP contribution in [-0.2, 0) is 11.3 Å². The van der Waals surface area contributed by atoms with Crippen molar-refractivity contribution in [2.45, 2.75) is 53.5 Å². The maximum absolute atomic E-state index is 11.8. The molecule has 0 amide bonds. The van der Waals surface area contributed by atoms with Gasteiger partial charge in [-0.1, -0.05) is 38.8 Å². The lowest BCUT2D eigenvalue weighted by atomic mass is 10.2. The van der Waals surface area contributed by atoms with E-state index in [-0.39, 0.29) is 5.97 Å². The molecule has 0 bridgehead atoms. The van der Waals surface area contributed by atoms with Gasteiger partial charge in [-0.05, 0) is 19.3 Å². The van der Waals surface area contributed by atoms with Crippen molar-refractivity contribution in [3.8, 4) is 0 Å². The molecule has 0 spiro atoms. The van der Waals surface area contributed by atoms with E-state index < -0.39 is 0 Å². The number of unbranched alkanes of at least 4 members (excludes halogenated alkanes) is 2. The minimum Gasteiger partial charge on any atom is -0.461 e.